The monoisotopic (exact) mass is 286 g/mol. The largest absolute Gasteiger partial charge is 0.350 e. The molecular weight excluding hydrogens is 264 g/mol. The quantitative estimate of drug-likeness (QED) is 0.786. The predicted octanol–water partition coefficient (Wildman–Crippen LogP) is 1.51. The lowest BCUT2D eigenvalue weighted by molar-refractivity contribution is 0.0917. The summed E-state index contributed by atoms with van der Waals surface area (Å²) in [6.07, 6.45) is 3.08. The molecule has 0 spiro atoms. The van der Waals surface area contributed by atoms with E-state index in [9.17, 15) is 4.79 Å². The number of piperidine rings is 1. The second-order valence-corrected chi connectivity index (χ2v) is 5.38. The molecule has 5 nitrogen and oxygen atoms in total. The van der Waals surface area contributed by atoms with Gasteiger partial charge in [-0.1, -0.05) is 13.8 Å². The van der Waals surface area contributed by atoms with Crippen LogP contribution >= 0.6 is 12.4 Å². The molecule has 0 atom stereocenters. The van der Waals surface area contributed by atoms with Gasteiger partial charge < -0.3 is 10.6 Å². The molecule has 0 aliphatic carbocycles. The number of aromatic nitrogens is 2. The molecule has 1 aromatic rings. The van der Waals surface area contributed by atoms with Crippen molar-refractivity contribution in [1.82, 2.24) is 20.8 Å². The summed E-state index contributed by atoms with van der Waals surface area (Å²) in [7, 11) is 0. The van der Waals surface area contributed by atoms with E-state index in [0.717, 1.165) is 44.6 Å². The molecule has 1 aromatic heterocycles. The lowest BCUT2D eigenvalue weighted by Gasteiger charge is -2.34. The fourth-order valence-corrected chi connectivity index (χ4v) is 2.25. The Labute approximate surface area is 120 Å². The van der Waals surface area contributed by atoms with Gasteiger partial charge in [0.25, 0.3) is 5.91 Å². The van der Waals surface area contributed by atoms with Crippen LogP contribution in [0.1, 0.15) is 42.9 Å². The number of carbonyl (C=O) groups excluding carboxylic acids is 1. The summed E-state index contributed by atoms with van der Waals surface area (Å²) in [6.45, 7) is 7.06. The Balaban J connectivity index is 0.00000180. The number of carbonyl (C=O) groups is 1. The highest BCUT2D eigenvalue weighted by atomic mass is 35.5. The minimum absolute atomic E-state index is 0. The number of nitrogens with zero attached hydrogens (tertiary/aromatic N) is 1. The van der Waals surface area contributed by atoms with Crippen molar-refractivity contribution in [2.75, 3.05) is 19.6 Å². The summed E-state index contributed by atoms with van der Waals surface area (Å²) in [6, 6.07) is 1.82. The van der Waals surface area contributed by atoms with Gasteiger partial charge in [0.15, 0.2) is 0 Å². The molecule has 1 aliphatic rings. The van der Waals surface area contributed by atoms with Crippen LogP contribution in [0, 0.1) is 5.41 Å². The maximum atomic E-state index is 11.9. The lowest BCUT2D eigenvalue weighted by atomic mass is 9.81. The van der Waals surface area contributed by atoms with Crippen molar-refractivity contribution in [3.63, 3.8) is 0 Å². The highest BCUT2D eigenvalue weighted by molar-refractivity contribution is 5.92. The number of nitrogens with one attached hydrogen (secondary N) is 3. The molecule has 0 aromatic carbocycles. The van der Waals surface area contributed by atoms with Crippen molar-refractivity contribution in [2.24, 2.45) is 5.41 Å². The first-order valence-corrected chi connectivity index (χ1v) is 6.66. The molecular formula is C13H23ClN4O. The number of hydrogen-bond donors (Lipinski definition) is 3. The molecule has 19 heavy (non-hydrogen) atoms. The molecule has 1 amide bonds. The normalized spacial score (nSPS) is 17.6. The molecule has 1 fully saturated rings. The molecule has 0 radical (unpaired) electrons. The van der Waals surface area contributed by atoms with Crippen molar-refractivity contribution < 1.29 is 4.79 Å². The topological polar surface area (TPSA) is 69.8 Å². The Kier molecular flexibility index (Phi) is 5.82. The predicted molar refractivity (Wildman–Crippen MR) is 77.8 cm³/mol. The second kappa shape index (κ2) is 6.91. The Hall–Kier alpha value is -1.07. The Morgan fingerprint density at radius 1 is 1.47 bits per heavy atom. The molecule has 3 N–H and O–H groups in total. The van der Waals surface area contributed by atoms with Crippen LogP contribution in [0.2, 0.25) is 0 Å². The first-order chi connectivity index (χ1) is 8.63. The van der Waals surface area contributed by atoms with E-state index >= 15 is 0 Å². The van der Waals surface area contributed by atoms with Gasteiger partial charge in [-0.2, -0.15) is 5.10 Å². The van der Waals surface area contributed by atoms with Crippen LogP contribution in [0.5, 0.6) is 0 Å². The van der Waals surface area contributed by atoms with Gasteiger partial charge in [-0.3, -0.25) is 9.89 Å². The van der Waals surface area contributed by atoms with Crippen LogP contribution in [-0.2, 0) is 6.42 Å². The summed E-state index contributed by atoms with van der Waals surface area (Å²) < 4.78 is 0. The van der Waals surface area contributed by atoms with Crippen LogP contribution in [0.15, 0.2) is 6.07 Å². The highest BCUT2D eigenvalue weighted by Crippen LogP contribution is 2.26. The second-order valence-electron chi connectivity index (χ2n) is 5.38. The molecule has 0 saturated carbocycles. The number of rotatable bonds is 4. The number of aryl methyl sites for hydroxylation is 1. The number of aromatic amines is 1. The number of halogens is 1. The third kappa shape index (κ3) is 4.21. The molecule has 1 aliphatic heterocycles. The van der Waals surface area contributed by atoms with Crippen molar-refractivity contribution in [3.05, 3.63) is 17.5 Å². The lowest BCUT2D eigenvalue weighted by Crippen LogP contribution is -2.42. The van der Waals surface area contributed by atoms with Gasteiger partial charge in [-0.25, -0.2) is 0 Å². The zero-order valence-corrected chi connectivity index (χ0v) is 12.4. The van der Waals surface area contributed by atoms with Crippen molar-refractivity contribution in [2.45, 2.75) is 33.1 Å². The standard InChI is InChI=1S/C13H22N4O.ClH/c1-3-10-8-11(17-16-10)12(18)15-9-13(2)4-6-14-7-5-13;/h8,14H,3-7,9H2,1-2H3,(H,15,18)(H,16,17);1H. The molecule has 0 bridgehead atoms. The number of hydrogen-bond acceptors (Lipinski definition) is 3. The minimum atomic E-state index is -0.0780. The van der Waals surface area contributed by atoms with Crippen molar-refractivity contribution in [3.8, 4) is 0 Å². The summed E-state index contributed by atoms with van der Waals surface area (Å²) in [4.78, 5) is 11.9. The Morgan fingerprint density at radius 3 is 2.74 bits per heavy atom. The SMILES string of the molecule is CCc1cc(C(=O)NCC2(C)CCNCC2)n[nH]1.Cl. The van der Waals surface area contributed by atoms with Crippen LogP contribution in [0.25, 0.3) is 0 Å². The first-order valence-electron chi connectivity index (χ1n) is 6.66. The van der Waals surface area contributed by atoms with Gasteiger partial charge in [0.05, 0.1) is 0 Å². The van der Waals surface area contributed by atoms with Gasteiger partial charge in [-0.05, 0) is 43.8 Å². The maximum absolute atomic E-state index is 11.9. The highest BCUT2D eigenvalue weighted by Gasteiger charge is 2.27. The molecule has 108 valence electrons. The maximum Gasteiger partial charge on any atom is 0.271 e. The van der Waals surface area contributed by atoms with E-state index in [1.165, 1.54) is 0 Å². The number of amides is 1. The van der Waals surface area contributed by atoms with Crippen LogP contribution in [-0.4, -0.2) is 35.7 Å². The van der Waals surface area contributed by atoms with Gasteiger partial charge in [0.1, 0.15) is 5.69 Å². The van der Waals surface area contributed by atoms with Crippen LogP contribution in [0.3, 0.4) is 0 Å². The average Bonchev–Trinajstić information content (AvgIpc) is 2.86. The third-order valence-electron chi connectivity index (χ3n) is 3.73. The van der Waals surface area contributed by atoms with Crippen LogP contribution in [0.4, 0.5) is 0 Å². The molecule has 2 heterocycles. The van der Waals surface area contributed by atoms with Gasteiger partial charge in [0.2, 0.25) is 0 Å². The fourth-order valence-electron chi connectivity index (χ4n) is 2.25. The minimum Gasteiger partial charge on any atom is -0.350 e. The van der Waals surface area contributed by atoms with Crippen molar-refractivity contribution in [1.29, 1.82) is 0 Å². The van der Waals surface area contributed by atoms with E-state index in [1.807, 2.05) is 13.0 Å². The Morgan fingerprint density at radius 2 is 2.16 bits per heavy atom. The molecule has 6 heteroatoms. The zero-order chi connectivity index (χ0) is 13.0. The number of H-pyrrole nitrogens is 1. The first kappa shape index (κ1) is 16.0. The van der Waals surface area contributed by atoms with E-state index in [0.29, 0.717) is 5.69 Å². The molecule has 2 rings (SSSR count). The van der Waals surface area contributed by atoms with Gasteiger partial charge in [0, 0.05) is 12.2 Å². The summed E-state index contributed by atoms with van der Waals surface area (Å²) in [5.74, 6) is -0.0780. The zero-order valence-electron chi connectivity index (χ0n) is 11.6. The van der Waals surface area contributed by atoms with E-state index in [1.54, 1.807) is 0 Å². The smallest absolute Gasteiger partial charge is 0.271 e. The van der Waals surface area contributed by atoms with Gasteiger partial charge >= 0.3 is 0 Å². The van der Waals surface area contributed by atoms with E-state index in [-0.39, 0.29) is 23.7 Å². The van der Waals surface area contributed by atoms with Crippen LogP contribution < -0.4 is 10.6 Å². The fraction of sp³-hybridized carbons (Fsp3) is 0.692. The van der Waals surface area contributed by atoms with Gasteiger partial charge in [-0.15, -0.1) is 12.4 Å². The summed E-state index contributed by atoms with van der Waals surface area (Å²) in [5, 5.41) is 13.2. The third-order valence-corrected chi connectivity index (χ3v) is 3.73. The Bertz CT molecular complexity index is 413. The van der Waals surface area contributed by atoms with E-state index in [2.05, 4.69) is 27.8 Å². The average molecular weight is 287 g/mol. The molecule has 0 unspecified atom stereocenters. The summed E-state index contributed by atoms with van der Waals surface area (Å²) in [5.41, 5.74) is 1.70. The van der Waals surface area contributed by atoms with E-state index in [4.69, 9.17) is 0 Å². The van der Waals surface area contributed by atoms with E-state index < -0.39 is 0 Å². The summed E-state index contributed by atoms with van der Waals surface area (Å²) >= 11 is 0. The van der Waals surface area contributed by atoms with Crippen molar-refractivity contribution >= 4 is 18.3 Å². The molecule has 1 saturated heterocycles.